The second-order valence-electron chi connectivity index (χ2n) is 7.93. The van der Waals surface area contributed by atoms with Crippen LogP contribution in [-0.4, -0.2) is 37.2 Å². The first-order valence-corrected chi connectivity index (χ1v) is 11.2. The van der Waals surface area contributed by atoms with Crippen LogP contribution >= 0.6 is 15.9 Å². The molecule has 1 aromatic carbocycles. The minimum atomic E-state index is -4.54. The molecule has 1 aliphatic heterocycles. The average molecular weight is 523 g/mol. The molecule has 0 spiro atoms. The molecule has 1 saturated heterocycles. The van der Waals surface area contributed by atoms with Crippen LogP contribution in [-0.2, 0) is 12.7 Å². The number of anilines is 1. The van der Waals surface area contributed by atoms with Crippen molar-refractivity contribution < 1.29 is 18.0 Å². The van der Waals surface area contributed by atoms with Crippen molar-refractivity contribution >= 4 is 27.6 Å². The van der Waals surface area contributed by atoms with E-state index in [1.165, 1.54) is 13.0 Å². The van der Waals surface area contributed by atoms with Gasteiger partial charge in [-0.15, -0.1) is 10.2 Å². The molecule has 3 heterocycles. The topological polar surface area (TPSA) is 75.9 Å². The molecule has 2 amide bonds. The maximum Gasteiger partial charge on any atom is 0.433 e. The molecule has 1 atom stereocenters. The van der Waals surface area contributed by atoms with Crippen LogP contribution in [0.15, 0.2) is 40.9 Å². The standard InChI is InChI=1S/C22H22BrF3N6O/c1-13-17(8-9-19(27-13)22(24,25)26)28-21(33)31-10-4-7-18(31)20-30-29-14(2)32(20)12-15-5-3-6-16(23)11-15/h3,5-6,8-9,11,18H,4,7,10,12H2,1-2H3,(H,28,33)/t18-/m1/s1. The number of rotatable bonds is 4. The van der Waals surface area contributed by atoms with Crippen LogP contribution in [0, 0.1) is 13.8 Å². The monoisotopic (exact) mass is 522 g/mol. The van der Waals surface area contributed by atoms with Crippen molar-refractivity contribution in [2.75, 3.05) is 11.9 Å². The molecule has 0 radical (unpaired) electrons. The maximum absolute atomic E-state index is 13.1. The predicted molar refractivity (Wildman–Crippen MR) is 120 cm³/mol. The number of aromatic nitrogens is 4. The Hall–Kier alpha value is -2.95. The second kappa shape index (κ2) is 9.12. The molecule has 0 saturated carbocycles. The van der Waals surface area contributed by atoms with E-state index < -0.39 is 17.9 Å². The van der Waals surface area contributed by atoms with Crippen molar-refractivity contribution in [1.29, 1.82) is 0 Å². The van der Waals surface area contributed by atoms with Crippen molar-refractivity contribution in [1.82, 2.24) is 24.6 Å². The number of nitrogens with zero attached hydrogens (tertiary/aromatic N) is 5. The predicted octanol–water partition coefficient (Wildman–Crippen LogP) is 5.49. The van der Waals surface area contributed by atoms with Gasteiger partial charge in [-0.25, -0.2) is 9.78 Å². The fourth-order valence-corrected chi connectivity index (χ4v) is 4.42. The zero-order chi connectivity index (χ0) is 23.8. The summed E-state index contributed by atoms with van der Waals surface area (Å²) in [5, 5.41) is 11.3. The van der Waals surface area contributed by atoms with Gasteiger partial charge in [0.25, 0.3) is 0 Å². The number of hydrogen-bond donors (Lipinski definition) is 1. The summed E-state index contributed by atoms with van der Waals surface area (Å²) in [6.45, 7) is 4.36. The average Bonchev–Trinajstić information content (AvgIpc) is 3.36. The first kappa shape index (κ1) is 23.2. The van der Waals surface area contributed by atoms with Gasteiger partial charge in [0, 0.05) is 11.0 Å². The van der Waals surface area contributed by atoms with Gasteiger partial charge in [-0.05, 0) is 56.5 Å². The highest BCUT2D eigenvalue weighted by Gasteiger charge is 2.35. The van der Waals surface area contributed by atoms with Gasteiger partial charge in [0.2, 0.25) is 0 Å². The first-order valence-electron chi connectivity index (χ1n) is 10.4. The SMILES string of the molecule is Cc1nc(C(F)(F)F)ccc1NC(=O)N1CCC[C@@H]1c1nnc(C)n1Cc1cccc(Br)c1. The quantitative estimate of drug-likeness (QED) is 0.491. The van der Waals surface area contributed by atoms with Gasteiger partial charge in [0.15, 0.2) is 5.82 Å². The number of halogens is 4. The molecule has 11 heteroatoms. The van der Waals surface area contributed by atoms with E-state index in [0.717, 1.165) is 28.3 Å². The minimum absolute atomic E-state index is 0.0996. The summed E-state index contributed by atoms with van der Waals surface area (Å²) >= 11 is 3.48. The van der Waals surface area contributed by atoms with Crippen molar-refractivity contribution in [3.05, 3.63) is 69.5 Å². The van der Waals surface area contributed by atoms with E-state index in [0.29, 0.717) is 25.3 Å². The molecule has 4 rings (SSSR count). The molecule has 7 nitrogen and oxygen atoms in total. The number of benzene rings is 1. The summed E-state index contributed by atoms with van der Waals surface area (Å²) < 4.78 is 41.6. The van der Waals surface area contributed by atoms with Crippen molar-refractivity contribution in [2.24, 2.45) is 0 Å². The normalized spacial score (nSPS) is 16.3. The molecule has 0 bridgehead atoms. The molecule has 0 unspecified atom stereocenters. The number of alkyl halides is 3. The molecule has 1 fully saturated rings. The van der Waals surface area contributed by atoms with E-state index in [9.17, 15) is 18.0 Å². The Kier molecular flexibility index (Phi) is 6.42. The fraction of sp³-hybridized carbons (Fsp3) is 0.364. The second-order valence-corrected chi connectivity index (χ2v) is 8.85. The van der Waals surface area contributed by atoms with Crippen LogP contribution in [0.25, 0.3) is 0 Å². The molecule has 174 valence electrons. The molecule has 2 aromatic heterocycles. The zero-order valence-corrected chi connectivity index (χ0v) is 19.6. The van der Waals surface area contributed by atoms with Crippen LogP contribution in [0.2, 0.25) is 0 Å². The van der Waals surface area contributed by atoms with Crippen LogP contribution in [0.3, 0.4) is 0 Å². The fourth-order valence-electron chi connectivity index (χ4n) is 3.97. The minimum Gasteiger partial charge on any atom is -0.314 e. The number of carbonyl (C=O) groups is 1. The van der Waals surface area contributed by atoms with Gasteiger partial charge in [-0.2, -0.15) is 13.2 Å². The summed E-state index contributed by atoms with van der Waals surface area (Å²) in [7, 11) is 0. The van der Waals surface area contributed by atoms with Crippen molar-refractivity contribution in [3.63, 3.8) is 0 Å². The Balaban J connectivity index is 1.55. The van der Waals surface area contributed by atoms with E-state index in [-0.39, 0.29) is 17.4 Å². The number of urea groups is 1. The van der Waals surface area contributed by atoms with Gasteiger partial charge in [0.05, 0.1) is 24.0 Å². The number of hydrogen-bond acceptors (Lipinski definition) is 4. The molecule has 1 N–H and O–H groups in total. The van der Waals surface area contributed by atoms with Crippen LogP contribution in [0.1, 0.15) is 47.5 Å². The van der Waals surface area contributed by atoms with E-state index in [2.05, 4.69) is 36.4 Å². The lowest BCUT2D eigenvalue weighted by Gasteiger charge is -2.25. The highest BCUT2D eigenvalue weighted by molar-refractivity contribution is 9.10. The lowest BCUT2D eigenvalue weighted by atomic mass is 10.2. The molecular weight excluding hydrogens is 501 g/mol. The maximum atomic E-state index is 13.1. The Morgan fingerprint density at radius 2 is 2.00 bits per heavy atom. The number of pyridine rings is 1. The van der Waals surface area contributed by atoms with Gasteiger partial charge in [-0.3, -0.25) is 0 Å². The van der Waals surface area contributed by atoms with Crippen molar-refractivity contribution in [3.8, 4) is 0 Å². The van der Waals surface area contributed by atoms with E-state index in [1.807, 2.05) is 35.8 Å². The lowest BCUT2D eigenvalue weighted by Crippen LogP contribution is -2.36. The van der Waals surface area contributed by atoms with E-state index in [4.69, 9.17) is 0 Å². The van der Waals surface area contributed by atoms with Gasteiger partial charge in [-0.1, -0.05) is 28.1 Å². The van der Waals surface area contributed by atoms with E-state index in [1.54, 1.807) is 4.90 Å². The Labute approximate surface area is 197 Å². The highest BCUT2D eigenvalue weighted by Crippen LogP contribution is 2.33. The van der Waals surface area contributed by atoms with Gasteiger partial charge >= 0.3 is 12.2 Å². The van der Waals surface area contributed by atoms with Crippen LogP contribution < -0.4 is 5.32 Å². The molecular formula is C22H22BrF3N6O. The van der Waals surface area contributed by atoms with Crippen molar-refractivity contribution in [2.45, 2.75) is 45.5 Å². The first-order chi connectivity index (χ1) is 15.6. The molecule has 33 heavy (non-hydrogen) atoms. The Bertz CT molecular complexity index is 1180. The molecule has 0 aliphatic carbocycles. The molecule has 1 aliphatic rings. The third-order valence-corrected chi connectivity index (χ3v) is 6.12. The van der Waals surface area contributed by atoms with Gasteiger partial charge < -0.3 is 14.8 Å². The Morgan fingerprint density at radius 3 is 2.70 bits per heavy atom. The molecule has 3 aromatic rings. The summed E-state index contributed by atoms with van der Waals surface area (Å²) in [5.41, 5.74) is 0.412. The summed E-state index contributed by atoms with van der Waals surface area (Å²) in [5.74, 6) is 1.42. The number of amides is 2. The summed E-state index contributed by atoms with van der Waals surface area (Å²) in [4.78, 5) is 18.3. The third-order valence-electron chi connectivity index (χ3n) is 5.62. The van der Waals surface area contributed by atoms with E-state index >= 15 is 0 Å². The summed E-state index contributed by atoms with van der Waals surface area (Å²) in [6, 6.07) is 9.32. The Morgan fingerprint density at radius 1 is 1.21 bits per heavy atom. The number of aryl methyl sites for hydroxylation is 2. The summed E-state index contributed by atoms with van der Waals surface area (Å²) in [6.07, 6.45) is -3.04. The number of likely N-dealkylation sites (tertiary alicyclic amines) is 1. The highest BCUT2D eigenvalue weighted by atomic mass is 79.9. The largest absolute Gasteiger partial charge is 0.433 e. The van der Waals surface area contributed by atoms with Crippen LogP contribution in [0.5, 0.6) is 0 Å². The van der Waals surface area contributed by atoms with Gasteiger partial charge in [0.1, 0.15) is 11.5 Å². The number of nitrogens with one attached hydrogen (secondary N) is 1. The zero-order valence-electron chi connectivity index (χ0n) is 18.0. The smallest absolute Gasteiger partial charge is 0.314 e. The third kappa shape index (κ3) is 5.02. The lowest BCUT2D eigenvalue weighted by molar-refractivity contribution is -0.141. The number of carbonyl (C=O) groups excluding carboxylic acids is 1. The van der Waals surface area contributed by atoms with Crippen LogP contribution in [0.4, 0.5) is 23.7 Å².